The number of benzene rings is 1. The van der Waals surface area contributed by atoms with Gasteiger partial charge in [-0.3, -0.25) is 9.78 Å². The average molecular weight is 513 g/mol. The molecule has 1 aliphatic rings. The molecule has 0 unspecified atom stereocenters. The van der Waals surface area contributed by atoms with E-state index in [1.165, 1.54) is 0 Å². The molecular weight excluding hydrogens is 492 g/mol. The molecule has 0 bridgehead atoms. The fourth-order valence-corrected chi connectivity index (χ4v) is 4.41. The van der Waals surface area contributed by atoms with Gasteiger partial charge in [0, 0.05) is 48.3 Å². The van der Waals surface area contributed by atoms with E-state index in [-0.39, 0.29) is 17.5 Å². The van der Waals surface area contributed by atoms with E-state index in [0.717, 1.165) is 28.5 Å². The Morgan fingerprint density at radius 1 is 1.00 bits per heavy atom. The van der Waals surface area contributed by atoms with E-state index in [2.05, 4.69) is 29.8 Å². The maximum atomic E-state index is 12.4. The molecule has 1 fully saturated rings. The zero-order chi connectivity index (χ0) is 25.2. The molecule has 0 aliphatic carbocycles. The van der Waals surface area contributed by atoms with Gasteiger partial charge in [0.2, 0.25) is 5.95 Å². The van der Waals surface area contributed by atoms with Crippen LogP contribution in [0.25, 0.3) is 33.5 Å². The third-order valence-electron chi connectivity index (χ3n) is 5.80. The van der Waals surface area contributed by atoms with Gasteiger partial charge in [-0.05, 0) is 35.3 Å². The summed E-state index contributed by atoms with van der Waals surface area (Å²) in [6.07, 6.45) is 4.99. The number of ether oxygens (including phenoxy) is 1. The molecule has 0 atom stereocenters. The number of aromatic nitrogens is 7. The van der Waals surface area contributed by atoms with Crippen LogP contribution >= 0.6 is 11.5 Å². The number of fused-ring (bicyclic) bond motifs is 1. The Balaban J connectivity index is 1.40. The average Bonchev–Trinajstić information content (AvgIpc) is 3.49. The van der Waals surface area contributed by atoms with Gasteiger partial charge in [-0.1, -0.05) is 16.6 Å². The lowest BCUT2D eigenvalue weighted by Gasteiger charge is -2.28. The summed E-state index contributed by atoms with van der Waals surface area (Å²) in [6, 6.07) is 9.46. The van der Waals surface area contributed by atoms with Crippen molar-refractivity contribution >= 4 is 45.9 Å². The number of hydrogen-bond donors (Lipinski definition) is 2. The largest absolute Gasteiger partial charge is 0.378 e. The van der Waals surface area contributed by atoms with Crippen molar-refractivity contribution in [3.63, 3.8) is 0 Å². The highest BCUT2D eigenvalue weighted by Crippen LogP contribution is 2.30. The number of nitrogens with two attached hydrogens (primary N) is 1. The second-order valence-electron chi connectivity index (χ2n) is 8.22. The third kappa shape index (κ3) is 4.77. The number of pyridine rings is 1. The number of hydrogen-bond acceptors (Lipinski definition) is 12. The molecule has 5 heterocycles. The number of nitrogen functional groups attached to an aromatic ring is 1. The minimum absolute atomic E-state index is 0.180. The van der Waals surface area contributed by atoms with Crippen molar-refractivity contribution in [1.82, 2.24) is 34.5 Å². The lowest BCUT2D eigenvalue weighted by Crippen LogP contribution is -2.37. The molecule has 0 saturated carbocycles. The molecular formula is C24H20N10O2S. The molecule has 184 valence electrons. The number of nitrogens with one attached hydrogen (secondary N) is 1. The van der Waals surface area contributed by atoms with Crippen LogP contribution in [0, 0.1) is 0 Å². The number of amides is 1. The van der Waals surface area contributed by atoms with E-state index in [0.29, 0.717) is 54.4 Å². The first-order valence-electron chi connectivity index (χ1n) is 11.4. The highest BCUT2D eigenvalue weighted by molar-refractivity contribution is 7.03. The van der Waals surface area contributed by atoms with Gasteiger partial charge in [0.05, 0.1) is 24.3 Å². The first kappa shape index (κ1) is 22.8. The number of carbonyl (C=O) groups excluding carboxylic acids is 1. The second-order valence-corrected chi connectivity index (χ2v) is 8.83. The second kappa shape index (κ2) is 9.79. The van der Waals surface area contributed by atoms with Crippen molar-refractivity contribution in [2.45, 2.75) is 0 Å². The van der Waals surface area contributed by atoms with Crippen molar-refractivity contribution in [2.75, 3.05) is 42.3 Å². The Kier molecular flexibility index (Phi) is 6.04. The molecule has 4 aromatic heterocycles. The van der Waals surface area contributed by atoms with Gasteiger partial charge in [0.15, 0.2) is 17.3 Å². The first-order chi connectivity index (χ1) is 18.1. The van der Waals surface area contributed by atoms with Crippen LogP contribution < -0.4 is 16.0 Å². The maximum absolute atomic E-state index is 12.4. The minimum atomic E-state index is -0.319. The van der Waals surface area contributed by atoms with Crippen molar-refractivity contribution in [3.8, 4) is 22.5 Å². The van der Waals surface area contributed by atoms with Crippen LogP contribution in [0.3, 0.4) is 0 Å². The van der Waals surface area contributed by atoms with Gasteiger partial charge >= 0.3 is 0 Å². The molecule has 1 amide bonds. The van der Waals surface area contributed by atoms with Crippen molar-refractivity contribution in [1.29, 1.82) is 0 Å². The minimum Gasteiger partial charge on any atom is -0.378 e. The van der Waals surface area contributed by atoms with Gasteiger partial charge in [0.25, 0.3) is 5.91 Å². The van der Waals surface area contributed by atoms with Gasteiger partial charge in [-0.2, -0.15) is 0 Å². The number of rotatable bonds is 5. The number of carbonyl (C=O) groups is 1. The quantitative estimate of drug-likeness (QED) is 0.356. The zero-order valence-electron chi connectivity index (χ0n) is 19.4. The summed E-state index contributed by atoms with van der Waals surface area (Å²) in [5.74, 6) is 1.07. The Hall–Kier alpha value is -4.62. The molecule has 13 heteroatoms. The first-order valence-corrected chi connectivity index (χ1v) is 12.2. The van der Waals surface area contributed by atoms with Gasteiger partial charge in [-0.15, -0.1) is 5.10 Å². The zero-order valence-corrected chi connectivity index (χ0v) is 20.2. The van der Waals surface area contributed by atoms with Crippen LogP contribution in [0.4, 0.5) is 17.5 Å². The van der Waals surface area contributed by atoms with Gasteiger partial charge in [0.1, 0.15) is 5.52 Å². The summed E-state index contributed by atoms with van der Waals surface area (Å²) in [5.41, 5.74) is 10.3. The summed E-state index contributed by atoms with van der Waals surface area (Å²) in [4.78, 5) is 37.1. The van der Waals surface area contributed by atoms with Crippen LogP contribution in [0.15, 0.2) is 54.3 Å². The van der Waals surface area contributed by atoms with E-state index < -0.39 is 0 Å². The Bertz CT molecular complexity index is 1570. The molecule has 1 saturated heterocycles. The smallest absolute Gasteiger partial charge is 0.277 e. The van der Waals surface area contributed by atoms with Crippen LogP contribution in [-0.2, 0) is 4.74 Å². The third-order valence-corrected chi connectivity index (χ3v) is 6.31. The Morgan fingerprint density at radius 2 is 1.81 bits per heavy atom. The fourth-order valence-electron chi connectivity index (χ4n) is 3.97. The standard InChI is InChI=1S/C24H20N10O2S/c25-24-27-11-16(12-28-24)21-30-18-9-15(10-26-20(18)22(31-21)34-4-6-36-7-5-34)14-2-1-3-17(8-14)29-23(35)19-13-37-33-32-19/h1-3,8-13H,4-7H2,(H,29,35)(H2,25,27,28). The van der Waals surface area contributed by atoms with E-state index in [9.17, 15) is 4.79 Å². The predicted molar refractivity (Wildman–Crippen MR) is 139 cm³/mol. The van der Waals surface area contributed by atoms with E-state index in [1.54, 1.807) is 24.0 Å². The molecule has 1 aliphatic heterocycles. The van der Waals surface area contributed by atoms with Crippen molar-refractivity contribution in [2.24, 2.45) is 0 Å². The number of anilines is 3. The SMILES string of the molecule is Nc1ncc(-c2nc(N3CCOCC3)c3ncc(-c4cccc(NC(=O)c5csnn5)c4)cc3n2)cn1. The van der Waals surface area contributed by atoms with Gasteiger partial charge < -0.3 is 20.7 Å². The predicted octanol–water partition coefficient (Wildman–Crippen LogP) is 2.67. The van der Waals surface area contributed by atoms with Crippen LogP contribution in [0.2, 0.25) is 0 Å². The summed E-state index contributed by atoms with van der Waals surface area (Å²) >= 11 is 1.12. The fraction of sp³-hybridized carbons (Fsp3) is 0.167. The van der Waals surface area contributed by atoms with Gasteiger partial charge in [-0.25, -0.2) is 19.9 Å². The Morgan fingerprint density at radius 3 is 2.59 bits per heavy atom. The van der Waals surface area contributed by atoms with Crippen LogP contribution in [-0.4, -0.2) is 66.7 Å². The topological polar surface area (TPSA) is 158 Å². The summed E-state index contributed by atoms with van der Waals surface area (Å²) in [7, 11) is 0. The molecule has 5 aromatic rings. The highest BCUT2D eigenvalue weighted by atomic mass is 32.1. The molecule has 12 nitrogen and oxygen atoms in total. The van der Waals surface area contributed by atoms with E-state index in [4.69, 9.17) is 25.4 Å². The maximum Gasteiger partial charge on any atom is 0.277 e. The number of morpholine rings is 1. The Labute approximate surface area is 214 Å². The monoisotopic (exact) mass is 512 g/mol. The summed E-state index contributed by atoms with van der Waals surface area (Å²) < 4.78 is 9.26. The van der Waals surface area contributed by atoms with Crippen LogP contribution in [0.1, 0.15) is 10.5 Å². The normalized spacial score (nSPS) is 13.6. The lowest BCUT2D eigenvalue weighted by atomic mass is 10.1. The molecule has 37 heavy (non-hydrogen) atoms. The molecule has 3 N–H and O–H groups in total. The summed E-state index contributed by atoms with van der Waals surface area (Å²) in [6.45, 7) is 2.62. The van der Waals surface area contributed by atoms with Crippen molar-refractivity contribution < 1.29 is 9.53 Å². The van der Waals surface area contributed by atoms with Crippen molar-refractivity contribution in [3.05, 3.63) is 60.0 Å². The van der Waals surface area contributed by atoms with E-state index in [1.807, 2.05) is 30.3 Å². The molecule has 0 radical (unpaired) electrons. The van der Waals surface area contributed by atoms with Crippen LogP contribution in [0.5, 0.6) is 0 Å². The molecule has 6 rings (SSSR count). The lowest BCUT2D eigenvalue weighted by molar-refractivity contribution is 0.102. The summed E-state index contributed by atoms with van der Waals surface area (Å²) in [5, 5.41) is 8.27. The molecule has 1 aromatic carbocycles. The highest BCUT2D eigenvalue weighted by Gasteiger charge is 2.20. The number of nitrogens with zero attached hydrogens (tertiary/aromatic N) is 8. The van der Waals surface area contributed by atoms with E-state index >= 15 is 0 Å². The molecule has 0 spiro atoms.